The number of aromatic nitrogens is 6. The third-order valence-electron chi connectivity index (χ3n) is 3.45. The van der Waals surface area contributed by atoms with Crippen LogP contribution < -0.4 is 0 Å². The molecule has 4 heterocycles. The summed E-state index contributed by atoms with van der Waals surface area (Å²) in [6, 6.07) is 11.5. The maximum atomic E-state index is 12.2. The van der Waals surface area contributed by atoms with Crippen molar-refractivity contribution in [2.75, 3.05) is 0 Å². The zero-order valence-corrected chi connectivity index (χ0v) is 17.5. The molecular formula is C18H11F6IrN6-. The Labute approximate surface area is 184 Å². The van der Waals surface area contributed by atoms with Crippen LogP contribution in [0, 0.1) is 6.20 Å². The summed E-state index contributed by atoms with van der Waals surface area (Å²) >= 11 is 0. The van der Waals surface area contributed by atoms with Crippen molar-refractivity contribution in [3.63, 3.8) is 0 Å². The second kappa shape index (κ2) is 9.84. The summed E-state index contributed by atoms with van der Waals surface area (Å²) in [7, 11) is 0. The first-order valence-electron chi connectivity index (χ1n) is 8.15. The minimum atomic E-state index is -4.45. The van der Waals surface area contributed by atoms with Gasteiger partial charge in [-0.05, 0) is 24.3 Å². The topological polar surface area (TPSA) is 61.4 Å². The molecule has 0 N–H and O–H groups in total. The summed E-state index contributed by atoms with van der Waals surface area (Å²) in [5.41, 5.74) is -1.90. The molecule has 6 nitrogen and oxygen atoms in total. The Kier molecular flexibility index (Phi) is 7.69. The summed E-state index contributed by atoms with van der Waals surface area (Å²) in [5, 5.41) is 6.71. The Morgan fingerprint density at radius 2 is 1.29 bits per heavy atom. The number of rotatable bonds is 2. The minimum Gasteiger partial charge on any atom is -0.343 e. The molecule has 0 saturated heterocycles. The van der Waals surface area contributed by atoms with Crippen molar-refractivity contribution in [2.24, 2.45) is 0 Å². The van der Waals surface area contributed by atoms with Gasteiger partial charge in [0.05, 0.1) is 11.5 Å². The van der Waals surface area contributed by atoms with Gasteiger partial charge in [0.15, 0.2) is 11.5 Å². The number of halogens is 6. The van der Waals surface area contributed by atoms with E-state index in [0.29, 0.717) is 11.6 Å². The molecule has 1 radical (unpaired) electrons. The van der Waals surface area contributed by atoms with Crippen LogP contribution in [-0.4, -0.2) is 29.5 Å². The molecular weight excluding hydrogens is 606 g/mol. The largest absolute Gasteiger partial charge is 0.435 e. The van der Waals surface area contributed by atoms with E-state index in [2.05, 4.69) is 26.4 Å². The van der Waals surface area contributed by atoms with E-state index in [1.54, 1.807) is 36.4 Å². The number of hydrogen-bond donors (Lipinski definition) is 0. The van der Waals surface area contributed by atoms with Crippen LogP contribution in [0.4, 0.5) is 26.3 Å². The van der Waals surface area contributed by atoms with Gasteiger partial charge in [0.1, 0.15) is 0 Å². The summed E-state index contributed by atoms with van der Waals surface area (Å²) < 4.78 is 75.3. The van der Waals surface area contributed by atoms with Gasteiger partial charge in [-0.1, -0.05) is 24.4 Å². The predicted molar refractivity (Wildman–Crippen MR) is 91.6 cm³/mol. The zero-order chi connectivity index (χ0) is 21.8. The Morgan fingerprint density at radius 1 is 0.710 bits per heavy atom. The van der Waals surface area contributed by atoms with Crippen LogP contribution in [0.3, 0.4) is 0 Å². The SMILES string of the molecule is FC(F)(F)c1c[c-]n(-c2ccccn2)n1.FC(F)(F)c1ccn(-c2ccccn2)n1.[Ir]. The number of alkyl halides is 6. The summed E-state index contributed by atoms with van der Waals surface area (Å²) in [6.45, 7) is 0. The van der Waals surface area contributed by atoms with Gasteiger partial charge >= 0.3 is 12.4 Å². The standard InChI is InChI=1S/C9H6F3N3.C9H5F3N3.Ir/c2*10-9(11,12)7-4-6-15(14-7)8-3-1-2-5-13-8;/h1-6H;1-5H;/q;-1;. The fraction of sp³-hybridized carbons (Fsp3) is 0.111. The van der Waals surface area contributed by atoms with Gasteiger partial charge in [0, 0.05) is 38.7 Å². The molecule has 0 amide bonds. The number of pyridine rings is 2. The molecule has 0 aliphatic heterocycles. The third-order valence-corrected chi connectivity index (χ3v) is 3.45. The molecule has 0 bridgehead atoms. The van der Waals surface area contributed by atoms with E-state index < -0.39 is 23.7 Å². The van der Waals surface area contributed by atoms with E-state index in [0.717, 1.165) is 21.5 Å². The summed E-state index contributed by atoms with van der Waals surface area (Å²) in [6.07, 6.45) is -2.32. The van der Waals surface area contributed by atoms with E-state index in [1.807, 2.05) is 0 Å². The molecule has 31 heavy (non-hydrogen) atoms. The normalized spacial score (nSPS) is 11.3. The average molecular weight is 618 g/mol. The molecule has 4 rings (SSSR count). The molecule has 165 valence electrons. The fourth-order valence-electron chi connectivity index (χ4n) is 2.11. The molecule has 4 aromatic rings. The van der Waals surface area contributed by atoms with E-state index >= 15 is 0 Å². The van der Waals surface area contributed by atoms with Gasteiger partial charge in [-0.25, -0.2) is 9.67 Å². The van der Waals surface area contributed by atoms with Gasteiger partial charge in [0.2, 0.25) is 0 Å². The van der Waals surface area contributed by atoms with Crippen LogP contribution in [0.2, 0.25) is 0 Å². The smallest absolute Gasteiger partial charge is 0.343 e. The van der Waals surface area contributed by atoms with E-state index in [9.17, 15) is 26.3 Å². The van der Waals surface area contributed by atoms with Crippen LogP contribution >= 0.6 is 0 Å². The maximum absolute atomic E-state index is 12.2. The van der Waals surface area contributed by atoms with Crippen molar-refractivity contribution in [3.05, 3.63) is 84.7 Å². The quantitative estimate of drug-likeness (QED) is 0.248. The van der Waals surface area contributed by atoms with Crippen LogP contribution in [0.25, 0.3) is 11.6 Å². The summed E-state index contributed by atoms with van der Waals surface area (Å²) in [4.78, 5) is 7.72. The van der Waals surface area contributed by atoms with Crippen molar-refractivity contribution in [3.8, 4) is 11.6 Å². The van der Waals surface area contributed by atoms with E-state index in [1.165, 1.54) is 18.6 Å². The Hall–Kier alpha value is -3.05. The van der Waals surface area contributed by atoms with Crippen LogP contribution in [0.1, 0.15) is 11.4 Å². The predicted octanol–water partition coefficient (Wildman–Crippen LogP) is 4.37. The zero-order valence-electron chi connectivity index (χ0n) is 15.1. The second-order valence-electron chi connectivity index (χ2n) is 5.59. The van der Waals surface area contributed by atoms with Gasteiger partial charge in [-0.2, -0.15) is 31.4 Å². The second-order valence-corrected chi connectivity index (χ2v) is 5.59. The number of nitrogens with zero attached hydrogens (tertiary/aromatic N) is 6. The first-order valence-corrected chi connectivity index (χ1v) is 8.15. The first-order chi connectivity index (χ1) is 14.1. The molecule has 0 aliphatic carbocycles. The van der Waals surface area contributed by atoms with Crippen molar-refractivity contribution < 1.29 is 46.4 Å². The van der Waals surface area contributed by atoms with Crippen molar-refractivity contribution in [1.29, 1.82) is 0 Å². The molecule has 4 aromatic heterocycles. The van der Waals surface area contributed by atoms with Gasteiger partial charge in [-0.15, -0.1) is 6.07 Å². The van der Waals surface area contributed by atoms with E-state index in [4.69, 9.17) is 0 Å². The molecule has 0 aliphatic rings. The van der Waals surface area contributed by atoms with Crippen LogP contribution in [0.5, 0.6) is 0 Å². The van der Waals surface area contributed by atoms with E-state index in [-0.39, 0.29) is 20.1 Å². The van der Waals surface area contributed by atoms with Crippen LogP contribution in [0.15, 0.2) is 67.1 Å². The Bertz CT molecular complexity index is 988. The third kappa shape index (κ3) is 6.46. The summed E-state index contributed by atoms with van der Waals surface area (Å²) in [5.74, 6) is 0.654. The monoisotopic (exact) mass is 618 g/mol. The van der Waals surface area contributed by atoms with Crippen LogP contribution in [-0.2, 0) is 32.5 Å². The Morgan fingerprint density at radius 3 is 1.74 bits per heavy atom. The number of hydrogen-bond acceptors (Lipinski definition) is 4. The fourth-order valence-corrected chi connectivity index (χ4v) is 2.11. The first kappa shape index (κ1) is 24.2. The molecule has 0 fully saturated rings. The van der Waals surface area contributed by atoms with Crippen molar-refractivity contribution >= 4 is 0 Å². The minimum absolute atomic E-state index is 0. The molecule has 0 unspecified atom stereocenters. The molecule has 13 heteroatoms. The van der Waals surface area contributed by atoms with Crippen molar-refractivity contribution in [1.82, 2.24) is 29.5 Å². The maximum Gasteiger partial charge on any atom is 0.435 e. The Balaban J connectivity index is 0.000000213. The molecule has 0 atom stereocenters. The molecule has 0 aromatic carbocycles. The van der Waals surface area contributed by atoms with Crippen molar-refractivity contribution in [2.45, 2.75) is 12.4 Å². The molecule has 0 saturated carbocycles. The van der Waals surface area contributed by atoms with Gasteiger partial charge in [-0.3, -0.25) is 5.10 Å². The van der Waals surface area contributed by atoms with Gasteiger partial charge in [0.25, 0.3) is 0 Å². The average Bonchev–Trinajstić information content (AvgIpc) is 3.40. The molecule has 0 spiro atoms. The van der Waals surface area contributed by atoms with Gasteiger partial charge < -0.3 is 9.67 Å².